The quantitative estimate of drug-likeness (QED) is 0.129. The molecule has 0 amide bonds. The summed E-state index contributed by atoms with van der Waals surface area (Å²) >= 11 is 3.49. The third kappa shape index (κ3) is 10.4. The van der Waals surface area contributed by atoms with Crippen LogP contribution in [0.4, 0.5) is 0 Å². The summed E-state index contributed by atoms with van der Waals surface area (Å²) in [6.45, 7) is 0. The lowest BCUT2D eigenvalue weighted by molar-refractivity contribution is 0.426. The zero-order valence-corrected chi connectivity index (χ0v) is 54.6. The van der Waals surface area contributed by atoms with E-state index < -0.39 is 7.12 Å². The van der Waals surface area contributed by atoms with Crippen molar-refractivity contribution in [1.82, 2.24) is 0 Å². The summed E-state index contributed by atoms with van der Waals surface area (Å²) in [6, 6.07) is 120. The van der Waals surface area contributed by atoms with Crippen LogP contribution in [0.3, 0.4) is 0 Å². The zero-order chi connectivity index (χ0) is 65.4. The Labute approximate surface area is 573 Å². The van der Waals surface area contributed by atoms with Gasteiger partial charge in [-0.2, -0.15) is 0 Å². The van der Waals surface area contributed by atoms with Gasteiger partial charge in [0.15, 0.2) is 0 Å². The molecular formula is C92H58BBrO4. The van der Waals surface area contributed by atoms with Gasteiger partial charge in [0.05, 0.1) is 0 Å². The standard InChI is InChI=1S/C46H28O.C24H17BO2.C22H13BrO/c1-2-10-32-25-36(22-19-29(32)9-1)46-39-15-7-5-13-37(39)45(38-14-6-8-16-40(38)46)31-20-17-30(18-21-31)35-23-24-43-41(27-35)42-26-33-11-3-4-12-34(33)28-44(42)47-43;26-25(27)24-21-11-5-3-9-19(21)23(20-10-4-6-12-22(20)24)18-14-13-16-7-1-2-8-17(16)15-18;23-18-8-5-14(6-9-18)17-7-10-21-19(12-17)20-11-15-3-1-2-4-16(15)13-22(20)24-21/h1-28H;1-15,26-27H;1-13H. The van der Waals surface area contributed by atoms with Gasteiger partial charge in [0, 0.05) is 26.0 Å². The topological polar surface area (TPSA) is 66.7 Å². The van der Waals surface area contributed by atoms with Crippen molar-refractivity contribution in [3.63, 3.8) is 0 Å². The van der Waals surface area contributed by atoms with Crippen molar-refractivity contribution in [2.75, 3.05) is 0 Å². The minimum absolute atomic E-state index is 0.561. The monoisotopic (exact) mass is 1320 g/mol. The Balaban J connectivity index is 0.000000116. The maximum absolute atomic E-state index is 10.1. The van der Waals surface area contributed by atoms with Crippen LogP contribution in [0.5, 0.6) is 0 Å². The second kappa shape index (κ2) is 24.4. The first-order valence-electron chi connectivity index (χ1n) is 33.1. The first-order chi connectivity index (χ1) is 48.3. The van der Waals surface area contributed by atoms with Crippen molar-refractivity contribution in [3.05, 3.63) is 344 Å². The molecule has 18 aromatic carbocycles. The zero-order valence-electron chi connectivity index (χ0n) is 53.0. The number of rotatable bonds is 6. The predicted octanol–water partition coefficient (Wildman–Crippen LogP) is 24.9. The Morgan fingerprint density at radius 1 is 0.204 bits per heavy atom. The number of fused-ring (bicyclic) bond motifs is 14. The van der Waals surface area contributed by atoms with E-state index in [9.17, 15) is 10.0 Å². The second-order valence-electron chi connectivity index (χ2n) is 25.3. The van der Waals surface area contributed by atoms with E-state index in [1.54, 1.807) is 0 Å². The van der Waals surface area contributed by atoms with Crippen molar-refractivity contribution >= 4 is 159 Å². The van der Waals surface area contributed by atoms with Crippen molar-refractivity contribution in [2.45, 2.75) is 0 Å². The van der Waals surface area contributed by atoms with Gasteiger partial charge in [-0.15, -0.1) is 0 Å². The van der Waals surface area contributed by atoms with Crippen LogP contribution in [0, 0.1) is 0 Å². The third-order valence-corrected chi connectivity index (χ3v) is 20.1. The van der Waals surface area contributed by atoms with Gasteiger partial charge in [0.1, 0.15) is 22.3 Å². The van der Waals surface area contributed by atoms with Crippen LogP contribution in [0.15, 0.2) is 353 Å². The SMILES string of the molecule is Brc1ccc(-c2ccc3oc4cc5ccccc5cc4c3c2)cc1.OB(O)c1c2ccccc2c(-c2ccc3ccccc3c2)c2ccccc12.c1ccc2cc(-c3c4ccccc4c(-c4ccc(-c5ccc6oc7cc8ccccc8cc7c6c5)cc4)c4ccccc34)ccc2c1. The van der Waals surface area contributed by atoms with Gasteiger partial charge in [-0.1, -0.05) is 283 Å². The largest absolute Gasteiger partial charge is 0.489 e. The molecule has 2 N–H and O–H groups in total. The average molecular weight is 1320 g/mol. The Bertz CT molecular complexity index is 6430. The number of halogens is 1. The first kappa shape index (κ1) is 58.7. The molecule has 0 unspecified atom stereocenters. The van der Waals surface area contributed by atoms with Gasteiger partial charge in [0.2, 0.25) is 0 Å². The van der Waals surface area contributed by atoms with Gasteiger partial charge < -0.3 is 18.9 Å². The summed E-state index contributed by atoms with van der Waals surface area (Å²) in [5, 5.41) is 43.4. The molecule has 0 saturated carbocycles. The van der Waals surface area contributed by atoms with Crippen molar-refractivity contribution in [1.29, 1.82) is 0 Å². The van der Waals surface area contributed by atoms with E-state index in [0.717, 1.165) is 75.6 Å². The van der Waals surface area contributed by atoms with Gasteiger partial charge in [-0.05, 0) is 220 Å². The molecule has 20 aromatic rings. The number of furan rings is 2. The van der Waals surface area contributed by atoms with Gasteiger partial charge in [0.25, 0.3) is 0 Å². The summed E-state index contributed by atoms with van der Waals surface area (Å²) in [5.74, 6) is 0. The molecule has 0 aliphatic carbocycles. The predicted molar refractivity (Wildman–Crippen MR) is 419 cm³/mol. The van der Waals surface area contributed by atoms with Crippen molar-refractivity contribution in [3.8, 4) is 55.6 Å². The average Bonchev–Trinajstić information content (AvgIpc) is 1.08. The minimum Gasteiger partial charge on any atom is -0.456 e. The van der Waals surface area contributed by atoms with Crippen LogP contribution in [-0.2, 0) is 0 Å². The van der Waals surface area contributed by atoms with E-state index in [-0.39, 0.29) is 0 Å². The van der Waals surface area contributed by atoms with Gasteiger partial charge >= 0.3 is 7.12 Å². The van der Waals surface area contributed by atoms with Crippen molar-refractivity contribution < 1.29 is 18.9 Å². The Morgan fingerprint density at radius 3 is 0.867 bits per heavy atom. The molecule has 4 nitrogen and oxygen atoms in total. The first-order valence-corrected chi connectivity index (χ1v) is 33.9. The van der Waals surface area contributed by atoms with E-state index in [1.807, 2.05) is 48.5 Å². The van der Waals surface area contributed by atoms with E-state index in [0.29, 0.717) is 5.46 Å². The number of hydrogen-bond acceptors (Lipinski definition) is 4. The molecule has 20 rings (SSSR count). The highest BCUT2D eigenvalue weighted by molar-refractivity contribution is 9.10. The fraction of sp³-hybridized carbons (Fsp3) is 0. The minimum atomic E-state index is -1.52. The van der Waals surface area contributed by atoms with E-state index >= 15 is 0 Å². The molecule has 0 spiro atoms. The summed E-state index contributed by atoms with van der Waals surface area (Å²) in [4.78, 5) is 0. The molecule has 2 aromatic heterocycles. The Morgan fingerprint density at radius 2 is 0.480 bits per heavy atom. The highest BCUT2D eigenvalue weighted by atomic mass is 79.9. The summed E-state index contributed by atoms with van der Waals surface area (Å²) < 4.78 is 13.4. The summed E-state index contributed by atoms with van der Waals surface area (Å²) in [7, 11) is -1.52. The molecule has 0 saturated heterocycles. The third-order valence-electron chi connectivity index (χ3n) is 19.6. The summed E-state index contributed by atoms with van der Waals surface area (Å²) in [5.41, 5.74) is 16.3. The Kier molecular flexibility index (Phi) is 14.6. The highest BCUT2D eigenvalue weighted by Gasteiger charge is 2.23. The lowest BCUT2D eigenvalue weighted by Crippen LogP contribution is -2.31. The van der Waals surface area contributed by atoms with Crippen LogP contribution in [0.25, 0.3) is 186 Å². The lowest BCUT2D eigenvalue weighted by Gasteiger charge is -2.18. The highest BCUT2D eigenvalue weighted by Crippen LogP contribution is 2.46. The molecule has 0 aliphatic rings. The summed E-state index contributed by atoms with van der Waals surface area (Å²) in [6.07, 6.45) is 0. The fourth-order valence-electron chi connectivity index (χ4n) is 14.9. The molecule has 6 heteroatoms. The lowest BCUT2D eigenvalue weighted by atomic mass is 9.72. The molecule has 2 heterocycles. The van der Waals surface area contributed by atoms with E-state index in [2.05, 4.69) is 307 Å². The molecule has 0 atom stereocenters. The normalized spacial score (nSPS) is 11.6. The van der Waals surface area contributed by atoms with Crippen LogP contribution >= 0.6 is 15.9 Å². The molecule has 0 radical (unpaired) electrons. The number of hydrogen-bond donors (Lipinski definition) is 2. The van der Waals surface area contributed by atoms with Gasteiger partial charge in [-0.25, -0.2) is 0 Å². The second-order valence-corrected chi connectivity index (χ2v) is 26.2. The van der Waals surface area contributed by atoms with E-state index in [4.69, 9.17) is 8.83 Å². The molecular weight excluding hydrogens is 1260 g/mol. The number of benzene rings is 18. The maximum atomic E-state index is 10.1. The Hall–Kier alpha value is -11.9. The van der Waals surface area contributed by atoms with Crippen LogP contribution in [-0.4, -0.2) is 17.2 Å². The molecule has 0 aliphatic heterocycles. The molecule has 0 bridgehead atoms. The van der Waals surface area contributed by atoms with E-state index in [1.165, 1.54) is 115 Å². The fourth-order valence-corrected chi connectivity index (χ4v) is 15.2. The van der Waals surface area contributed by atoms with Crippen molar-refractivity contribution in [2.24, 2.45) is 0 Å². The maximum Gasteiger partial charge on any atom is 0.489 e. The molecule has 460 valence electrons. The van der Waals surface area contributed by atoms with Crippen LogP contribution < -0.4 is 5.46 Å². The van der Waals surface area contributed by atoms with Crippen LogP contribution in [0.1, 0.15) is 0 Å². The van der Waals surface area contributed by atoms with Crippen LogP contribution in [0.2, 0.25) is 0 Å². The molecule has 0 fully saturated rings. The molecule has 98 heavy (non-hydrogen) atoms. The smallest absolute Gasteiger partial charge is 0.456 e. The van der Waals surface area contributed by atoms with Gasteiger partial charge in [-0.3, -0.25) is 0 Å².